The number of methoxy groups -OCH3 is 1. The molecule has 0 fully saturated rings. The lowest BCUT2D eigenvalue weighted by Gasteiger charge is -2.22. The Balaban J connectivity index is 3.48. The van der Waals surface area contributed by atoms with E-state index < -0.39 is 0 Å². The van der Waals surface area contributed by atoms with Gasteiger partial charge in [0.15, 0.2) is 11.5 Å². The molecule has 0 spiro atoms. The Morgan fingerprint density at radius 1 is 1.27 bits per heavy atom. The van der Waals surface area contributed by atoms with Gasteiger partial charge >= 0.3 is 0 Å². The lowest BCUT2D eigenvalue weighted by molar-refractivity contribution is 0.0772. The first-order chi connectivity index (χ1) is 10.5. The number of ether oxygens (including phenoxy) is 2. The van der Waals surface area contributed by atoms with Crippen LogP contribution in [-0.4, -0.2) is 37.1 Å². The van der Waals surface area contributed by atoms with Gasteiger partial charge in [-0.1, -0.05) is 12.2 Å². The Hall–Kier alpha value is -1.97. The van der Waals surface area contributed by atoms with Gasteiger partial charge in [0.05, 0.1) is 18.8 Å². The average molecular weight is 305 g/mol. The normalized spacial score (nSPS) is 11.0. The van der Waals surface area contributed by atoms with E-state index in [2.05, 4.69) is 0 Å². The Kier molecular flexibility index (Phi) is 6.96. The fraction of sp³-hybridized carbons (Fsp3) is 0.500. The van der Waals surface area contributed by atoms with Crippen molar-refractivity contribution in [3.05, 3.63) is 29.3 Å². The largest absolute Gasteiger partial charge is 0.493 e. The van der Waals surface area contributed by atoms with Gasteiger partial charge in [0, 0.05) is 18.7 Å². The molecule has 4 heteroatoms. The van der Waals surface area contributed by atoms with E-state index in [4.69, 9.17) is 9.47 Å². The Bertz CT molecular complexity index is 531. The van der Waals surface area contributed by atoms with Crippen molar-refractivity contribution in [2.45, 2.75) is 40.7 Å². The highest BCUT2D eigenvalue weighted by atomic mass is 16.5. The van der Waals surface area contributed by atoms with Crippen LogP contribution in [-0.2, 0) is 0 Å². The molecule has 0 aliphatic rings. The smallest absolute Gasteiger partial charge is 0.254 e. The number of benzene rings is 1. The van der Waals surface area contributed by atoms with Gasteiger partial charge in [-0.2, -0.15) is 0 Å². The maximum absolute atomic E-state index is 12.7. The van der Waals surface area contributed by atoms with Crippen molar-refractivity contribution in [3.63, 3.8) is 0 Å². The van der Waals surface area contributed by atoms with Crippen molar-refractivity contribution >= 4 is 12.0 Å². The second-order valence-electron chi connectivity index (χ2n) is 5.20. The van der Waals surface area contributed by atoms with Crippen molar-refractivity contribution in [2.24, 2.45) is 0 Å². The molecule has 22 heavy (non-hydrogen) atoms. The van der Waals surface area contributed by atoms with Crippen LogP contribution < -0.4 is 9.47 Å². The molecule has 0 atom stereocenters. The van der Waals surface area contributed by atoms with Crippen molar-refractivity contribution in [3.8, 4) is 11.5 Å². The van der Waals surface area contributed by atoms with Crippen LogP contribution in [0.3, 0.4) is 0 Å². The van der Waals surface area contributed by atoms with E-state index in [0.717, 1.165) is 5.56 Å². The van der Waals surface area contributed by atoms with Crippen LogP contribution in [0.1, 0.15) is 50.5 Å². The first-order valence-electron chi connectivity index (χ1n) is 7.79. The minimum atomic E-state index is -0.00304. The number of nitrogens with zero attached hydrogens (tertiary/aromatic N) is 1. The van der Waals surface area contributed by atoms with Gasteiger partial charge in [0.2, 0.25) is 0 Å². The number of rotatable bonds is 7. The number of allylic oxidation sites excluding steroid dienone is 1. The third-order valence-corrected chi connectivity index (χ3v) is 3.35. The Labute approximate surface area is 133 Å². The van der Waals surface area contributed by atoms with Crippen LogP contribution >= 0.6 is 0 Å². The first-order valence-corrected chi connectivity index (χ1v) is 7.79. The molecule has 0 N–H and O–H groups in total. The highest BCUT2D eigenvalue weighted by Gasteiger charge is 2.21. The number of amides is 1. The minimum absolute atomic E-state index is 0.00304. The van der Waals surface area contributed by atoms with Gasteiger partial charge in [-0.15, -0.1) is 0 Å². The highest BCUT2D eigenvalue weighted by molar-refractivity contribution is 5.99. The Morgan fingerprint density at radius 3 is 2.36 bits per heavy atom. The molecular formula is C18H27NO3. The number of hydrogen-bond donors (Lipinski definition) is 0. The predicted molar refractivity (Wildman–Crippen MR) is 90.7 cm³/mol. The molecule has 122 valence electrons. The maximum Gasteiger partial charge on any atom is 0.254 e. The van der Waals surface area contributed by atoms with E-state index in [1.165, 1.54) is 0 Å². The zero-order valence-corrected chi connectivity index (χ0v) is 14.5. The van der Waals surface area contributed by atoms with E-state index in [1.807, 2.05) is 52.8 Å². The lowest BCUT2D eigenvalue weighted by Crippen LogP contribution is -2.31. The lowest BCUT2D eigenvalue weighted by atomic mass is 10.0. The third-order valence-electron chi connectivity index (χ3n) is 3.35. The van der Waals surface area contributed by atoms with E-state index in [1.54, 1.807) is 18.1 Å². The molecule has 0 aromatic heterocycles. The minimum Gasteiger partial charge on any atom is -0.493 e. The summed E-state index contributed by atoms with van der Waals surface area (Å²) in [5.41, 5.74) is 1.41. The summed E-state index contributed by atoms with van der Waals surface area (Å²) >= 11 is 0. The summed E-state index contributed by atoms with van der Waals surface area (Å²) in [6.07, 6.45) is 3.80. The molecule has 1 aromatic rings. The average Bonchev–Trinajstić information content (AvgIpc) is 2.49. The second kappa shape index (κ2) is 8.47. The SMILES string of the molecule is C/C=C/c1c(C(=O)N(CC)CC)ccc(OC)c1OC(C)C. The summed E-state index contributed by atoms with van der Waals surface area (Å²) in [6, 6.07) is 3.60. The fourth-order valence-electron chi connectivity index (χ4n) is 2.30. The Morgan fingerprint density at radius 2 is 1.91 bits per heavy atom. The molecule has 1 aromatic carbocycles. The summed E-state index contributed by atoms with van der Waals surface area (Å²) in [5.74, 6) is 1.26. The zero-order valence-electron chi connectivity index (χ0n) is 14.5. The van der Waals surface area contributed by atoms with E-state index in [0.29, 0.717) is 30.2 Å². The molecular weight excluding hydrogens is 278 g/mol. The van der Waals surface area contributed by atoms with E-state index in [9.17, 15) is 4.79 Å². The highest BCUT2D eigenvalue weighted by Crippen LogP contribution is 2.36. The van der Waals surface area contributed by atoms with Crippen molar-refractivity contribution in [1.29, 1.82) is 0 Å². The van der Waals surface area contributed by atoms with Crippen LogP contribution in [0.2, 0.25) is 0 Å². The molecule has 0 saturated heterocycles. The summed E-state index contributed by atoms with van der Waals surface area (Å²) in [6.45, 7) is 11.1. The van der Waals surface area contributed by atoms with E-state index in [-0.39, 0.29) is 12.0 Å². The summed E-state index contributed by atoms with van der Waals surface area (Å²) in [5, 5.41) is 0. The van der Waals surface area contributed by atoms with Gasteiger partial charge < -0.3 is 14.4 Å². The van der Waals surface area contributed by atoms with Crippen LogP contribution in [0.5, 0.6) is 11.5 Å². The molecule has 0 unspecified atom stereocenters. The summed E-state index contributed by atoms with van der Waals surface area (Å²) in [7, 11) is 1.61. The second-order valence-corrected chi connectivity index (χ2v) is 5.20. The van der Waals surface area contributed by atoms with Gasteiger partial charge in [-0.25, -0.2) is 0 Å². The predicted octanol–water partition coefficient (Wildman–Crippen LogP) is 4.00. The van der Waals surface area contributed by atoms with Crippen LogP contribution in [0, 0.1) is 0 Å². The molecule has 0 heterocycles. The standard InChI is InChI=1S/C18H27NO3/c1-7-10-14-15(18(20)19(8-2)9-3)11-12-16(21-6)17(14)22-13(4)5/h7,10-13H,8-9H2,1-6H3/b10-7+. The molecule has 0 aliphatic carbocycles. The van der Waals surface area contributed by atoms with Crippen molar-refractivity contribution < 1.29 is 14.3 Å². The third kappa shape index (κ3) is 4.03. The molecule has 1 amide bonds. The van der Waals surface area contributed by atoms with Gasteiger partial charge in [-0.05, 0) is 46.8 Å². The molecule has 0 radical (unpaired) electrons. The monoisotopic (exact) mass is 305 g/mol. The molecule has 1 rings (SSSR count). The number of hydrogen-bond acceptors (Lipinski definition) is 3. The molecule has 0 bridgehead atoms. The van der Waals surface area contributed by atoms with Crippen LogP contribution in [0.25, 0.3) is 6.08 Å². The van der Waals surface area contributed by atoms with Crippen LogP contribution in [0.4, 0.5) is 0 Å². The quantitative estimate of drug-likeness (QED) is 0.764. The molecule has 0 aliphatic heterocycles. The zero-order chi connectivity index (χ0) is 16.7. The maximum atomic E-state index is 12.7. The van der Waals surface area contributed by atoms with Crippen molar-refractivity contribution in [1.82, 2.24) is 4.90 Å². The summed E-state index contributed by atoms with van der Waals surface area (Å²) in [4.78, 5) is 14.5. The fourth-order valence-corrected chi connectivity index (χ4v) is 2.30. The van der Waals surface area contributed by atoms with E-state index >= 15 is 0 Å². The topological polar surface area (TPSA) is 38.8 Å². The van der Waals surface area contributed by atoms with Gasteiger partial charge in [0.1, 0.15) is 0 Å². The number of carbonyl (C=O) groups excluding carboxylic acids is 1. The molecule has 4 nitrogen and oxygen atoms in total. The molecule has 0 saturated carbocycles. The number of carbonyl (C=O) groups is 1. The first kappa shape index (κ1) is 18.1. The van der Waals surface area contributed by atoms with Crippen LogP contribution in [0.15, 0.2) is 18.2 Å². The van der Waals surface area contributed by atoms with Gasteiger partial charge in [-0.3, -0.25) is 4.79 Å². The summed E-state index contributed by atoms with van der Waals surface area (Å²) < 4.78 is 11.3. The van der Waals surface area contributed by atoms with Crippen molar-refractivity contribution in [2.75, 3.05) is 20.2 Å². The van der Waals surface area contributed by atoms with Gasteiger partial charge in [0.25, 0.3) is 5.91 Å².